The number of rotatable bonds is 8. The van der Waals surface area contributed by atoms with E-state index in [-0.39, 0.29) is 0 Å². The lowest BCUT2D eigenvalue weighted by Crippen LogP contribution is -2.14. The Morgan fingerprint density at radius 3 is 2.41 bits per heavy atom. The molecule has 22 heavy (non-hydrogen) atoms. The van der Waals surface area contributed by atoms with Crippen molar-refractivity contribution >= 4 is 11.6 Å². The lowest BCUT2D eigenvalue weighted by atomic mass is 10.3. The second-order valence-electron chi connectivity index (χ2n) is 5.04. The molecule has 1 aromatic carbocycles. The number of anilines is 2. The predicted octanol–water partition coefficient (Wildman–Crippen LogP) is 2.80. The molecule has 0 unspecified atom stereocenters. The van der Waals surface area contributed by atoms with E-state index >= 15 is 0 Å². The van der Waals surface area contributed by atoms with Crippen LogP contribution in [0.15, 0.2) is 36.7 Å². The average molecular weight is 302 g/mol. The van der Waals surface area contributed by atoms with Gasteiger partial charge < -0.3 is 20.1 Å². The van der Waals surface area contributed by atoms with Crippen LogP contribution >= 0.6 is 0 Å². The summed E-state index contributed by atoms with van der Waals surface area (Å²) in [7, 11) is 1.64. The minimum atomic E-state index is 0.334. The molecule has 1 heterocycles. The van der Waals surface area contributed by atoms with Crippen molar-refractivity contribution in [2.45, 2.75) is 19.9 Å². The smallest absolute Gasteiger partial charge is 0.131 e. The molecule has 1 aromatic heterocycles. The van der Waals surface area contributed by atoms with Crippen LogP contribution in [0.4, 0.5) is 11.6 Å². The van der Waals surface area contributed by atoms with Crippen molar-refractivity contribution in [2.24, 2.45) is 0 Å². The lowest BCUT2D eigenvalue weighted by Gasteiger charge is -2.11. The number of nitrogens with one attached hydrogen (secondary N) is 2. The van der Waals surface area contributed by atoms with E-state index in [1.54, 1.807) is 7.11 Å². The molecule has 6 nitrogen and oxygen atoms in total. The molecule has 2 aromatic rings. The SMILES string of the molecule is COc1ccc(OCCNc2cc(NC(C)C)ncn2)cc1. The third kappa shape index (κ3) is 5.12. The Kier molecular flexibility index (Phi) is 5.82. The first-order valence-electron chi connectivity index (χ1n) is 7.26. The molecule has 0 aliphatic carbocycles. The first-order valence-corrected chi connectivity index (χ1v) is 7.26. The highest BCUT2D eigenvalue weighted by molar-refractivity contribution is 5.46. The largest absolute Gasteiger partial charge is 0.497 e. The van der Waals surface area contributed by atoms with Gasteiger partial charge in [-0.25, -0.2) is 9.97 Å². The van der Waals surface area contributed by atoms with E-state index in [4.69, 9.17) is 9.47 Å². The van der Waals surface area contributed by atoms with Gasteiger partial charge in [-0.1, -0.05) is 0 Å². The summed E-state index contributed by atoms with van der Waals surface area (Å²) in [5, 5.41) is 6.45. The quantitative estimate of drug-likeness (QED) is 0.731. The second kappa shape index (κ2) is 8.07. The zero-order valence-corrected chi connectivity index (χ0v) is 13.2. The molecule has 0 radical (unpaired) electrons. The molecule has 2 rings (SSSR count). The van der Waals surface area contributed by atoms with Gasteiger partial charge in [-0.15, -0.1) is 0 Å². The number of aromatic nitrogens is 2. The van der Waals surface area contributed by atoms with Crippen LogP contribution in [0.25, 0.3) is 0 Å². The first kappa shape index (κ1) is 15.9. The van der Waals surface area contributed by atoms with Crippen molar-refractivity contribution in [3.8, 4) is 11.5 Å². The normalized spacial score (nSPS) is 10.4. The highest BCUT2D eigenvalue weighted by atomic mass is 16.5. The third-order valence-electron chi connectivity index (χ3n) is 2.84. The number of ether oxygens (including phenoxy) is 2. The van der Waals surface area contributed by atoms with E-state index in [2.05, 4.69) is 34.4 Å². The lowest BCUT2D eigenvalue weighted by molar-refractivity contribution is 0.331. The molecule has 118 valence electrons. The maximum absolute atomic E-state index is 5.64. The van der Waals surface area contributed by atoms with Crippen LogP contribution in [0.5, 0.6) is 11.5 Å². The number of nitrogens with zero attached hydrogens (tertiary/aromatic N) is 2. The van der Waals surface area contributed by atoms with Gasteiger partial charge in [-0.05, 0) is 38.1 Å². The van der Waals surface area contributed by atoms with Crippen LogP contribution in [0.1, 0.15) is 13.8 Å². The van der Waals surface area contributed by atoms with Gasteiger partial charge >= 0.3 is 0 Å². The van der Waals surface area contributed by atoms with Gasteiger partial charge in [-0.2, -0.15) is 0 Å². The van der Waals surface area contributed by atoms with E-state index < -0.39 is 0 Å². The summed E-state index contributed by atoms with van der Waals surface area (Å²) in [5.41, 5.74) is 0. The second-order valence-corrected chi connectivity index (χ2v) is 5.04. The van der Waals surface area contributed by atoms with Crippen LogP contribution in [0, 0.1) is 0 Å². The molecule has 2 N–H and O–H groups in total. The van der Waals surface area contributed by atoms with Gasteiger partial charge in [0.15, 0.2) is 0 Å². The van der Waals surface area contributed by atoms with E-state index in [0.29, 0.717) is 19.2 Å². The molecule has 0 saturated carbocycles. The molecular weight excluding hydrogens is 280 g/mol. The summed E-state index contributed by atoms with van der Waals surface area (Å²) in [6.07, 6.45) is 1.54. The molecule has 0 amide bonds. The van der Waals surface area contributed by atoms with Gasteiger partial charge in [0, 0.05) is 12.1 Å². The van der Waals surface area contributed by atoms with E-state index in [1.807, 2.05) is 30.3 Å². The summed E-state index contributed by atoms with van der Waals surface area (Å²) >= 11 is 0. The first-order chi connectivity index (χ1) is 10.7. The third-order valence-corrected chi connectivity index (χ3v) is 2.84. The monoisotopic (exact) mass is 302 g/mol. The number of hydrogen-bond donors (Lipinski definition) is 2. The molecule has 6 heteroatoms. The van der Waals surface area contributed by atoms with Crippen LogP contribution < -0.4 is 20.1 Å². The molecule has 0 saturated heterocycles. The van der Waals surface area contributed by atoms with Crippen LogP contribution in [-0.2, 0) is 0 Å². The van der Waals surface area contributed by atoms with Crippen LogP contribution in [0.2, 0.25) is 0 Å². The fourth-order valence-corrected chi connectivity index (χ4v) is 1.85. The summed E-state index contributed by atoms with van der Waals surface area (Å²) < 4.78 is 10.7. The Bertz CT molecular complexity index is 573. The number of methoxy groups -OCH3 is 1. The van der Waals surface area contributed by atoms with Crippen molar-refractivity contribution in [3.63, 3.8) is 0 Å². The summed E-state index contributed by atoms with van der Waals surface area (Å²) in [6.45, 7) is 5.34. The number of benzene rings is 1. The van der Waals surface area contributed by atoms with Gasteiger partial charge in [0.05, 0.1) is 13.7 Å². The van der Waals surface area contributed by atoms with Crippen molar-refractivity contribution in [1.29, 1.82) is 0 Å². The Morgan fingerprint density at radius 2 is 1.73 bits per heavy atom. The Balaban J connectivity index is 1.76. The molecule has 0 fully saturated rings. The Morgan fingerprint density at radius 1 is 1.05 bits per heavy atom. The number of hydrogen-bond acceptors (Lipinski definition) is 6. The van der Waals surface area contributed by atoms with Gasteiger partial charge in [0.25, 0.3) is 0 Å². The minimum absolute atomic E-state index is 0.334. The molecule has 0 spiro atoms. The summed E-state index contributed by atoms with van der Waals surface area (Å²) in [5.74, 6) is 3.21. The predicted molar refractivity (Wildman–Crippen MR) is 87.8 cm³/mol. The van der Waals surface area contributed by atoms with Crippen LogP contribution in [0.3, 0.4) is 0 Å². The van der Waals surface area contributed by atoms with E-state index in [1.165, 1.54) is 6.33 Å². The zero-order valence-electron chi connectivity index (χ0n) is 13.2. The molecule has 0 bridgehead atoms. The van der Waals surface area contributed by atoms with Gasteiger partial charge in [0.1, 0.15) is 36.1 Å². The van der Waals surface area contributed by atoms with Crippen molar-refractivity contribution in [1.82, 2.24) is 9.97 Å². The maximum Gasteiger partial charge on any atom is 0.131 e. The molecular formula is C16H22N4O2. The van der Waals surface area contributed by atoms with Gasteiger partial charge in [0.2, 0.25) is 0 Å². The van der Waals surface area contributed by atoms with Crippen molar-refractivity contribution < 1.29 is 9.47 Å². The minimum Gasteiger partial charge on any atom is -0.497 e. The average Bonchev–Trinajstić information content (AvgIpc) is 2.52. The molecule has 0 atom stereocenters. The zero-order chi connectivity index (χ0) is 15.8. The highest BCUT2D eigenvalue weighted by Crippen LogP contribution is 2.16. The Hall–Kier alpha value is -2.50. The van der Waals surface area contributed by atoms with Gasteiger partial charge in [-0.3, -0.25) is 0 Å². The maximum atomic E-state index is 5.64. The van der Waals surface area contributed by atoms with Crippen molar-refractivity contribution in [3.05, 3.63) is 36.7 Å². The molecule has 0 aliphatic rings. The van der Waals surface area contributed by atoms with E-state index in [0.717, 1.165) is 23.1 Å². The Labute approximate surface area is 130 Å². The molecule has 0 aliphatic heterocycles. The fourth-order valence-electron chi connectivity index (χ4n) is 1.85. The summed E-state index contributed by atoms with van der Waals surface area (Å²) in [6, 6.07) is 9.73. The highest BCUT2D eigenvalue weighted by Gasteiger charge is 2.00. The van der Waals surface area contributed by atoms with Crippen LogP contribution in [-0.4, -0.2) is 36.3 Å². The topological polar surface area (TPSA) is 68.3 Å². The fraction of sp³-hybridized carbons (Fsp3) is 0.375. The van der Waals surface area contributed by atoms with Crippen molar-refractivity contribution in [2.75, 3.05) is 30.9 Å². The standard InChI is InChI=1S/C16H22N4O2/c1-12(2)20-16-10-15(18-11-19-16)17-8-9-22-14-6-4-13(21-3)5-7-14/h4-7,10-12H,8-9H2,1-3H3,(H2,17,18,19,20). The van der Waals surface area contributed by atoms with E-state index in [9.17, 15) is 0 Å². The summed E-state index contributed by atoms with van der Waals surface area (Å²) in [4.78, 5) is 8.35.